The second-order valence-electron chi connectivity index (χ2n) is 5.12. The van der Waals surface area contributed by atoms with Gasteiger partial charge < -0.3 is 5.11 Å². The van der Waals surface area contributed by atoms with E-state index in [-0.39, 0.29) is 17.7 Å². The SMILES string of the molecule is Cn1c(=O)n(C)c2c(C(C)(C)CO)cccc21. The molecule has 0 spiro atoms. The zero-order valence-corrected chi connectivity index (χ0v) is 10.7. The molecule has 1 N–H and O–H groups in total. The van der Waals surface area contributed by atoms with Gasteiger partial charge in [-0.3, -0.25) is 9.13 Å². The Morgan fingerprint density at radius 2 is 1.88 bits per heavy atom. The van der Waals surface area contributed by atoms with Crippen LogP contribution in [0.2, 0.25) is 0 Å². The highest BCUT2D eigenvalue weighted by Gasteiger charge is 2.24. The molecule has 0 saturated carbocycles. The minimum atomic E-state index is -0.356. The Morgan fingerprint density at radius 3 is 2.47 bits per heavy atom. The van der Waals surface area contributed by atoms with E-state index < -0.39 is 0 Å². The lowest BCUT2D eigenvalue weighted by Gasteiger charge is -2.23. The van der Waals surface area contributed by atoms with Gasteiger partial charge in [-0.1, -0.05) is 26.0 Å². The lowest BCUT2D eigenvalue weighted by Crippen LogP contribution is -2.24. The third-order valence-electron chi connectivity index (χ3n) is 3.41. The first-order valence-electron chi connectivity index (χ1n) is 5.66. The van der Waals surface area contributed by atoms with Crippen molar-refractivity contribution in [2.75, 3.05) is 6.61 Å². The van der Waals surface area contributed by atoms with Crippen LogP contribution in [0.3, 0.4) is 0 Å². The predicted molar refractivity (Wildman–Crippen MR) is 68.3 cm³/mol. The molecular weight excluding hydrogens is 216 g/mol. The summed E-state index contributed by atoms with van der Waals surface area (Å²) in [6.07, 6.45) is 0. The van der Waals surface area contributed by atoms with Crippen LogP contribution < -0.4 is 5.69 Å². The highest BCUT2D eigenvalue weighted by Crippen LogP contribution is 2.28. The molecule has 92 valence electrons. The van der Waals surface area contributed by atoms with Gasteiger partial charge in [0.1, 0.15) is 0 Å². The lowest BCUT2D eigenvalue weighted by molar-refractivity contribution is 0.219. The van der Waals surface area contributed by atoms with E-state index in [4.69, 9.17) is 0 Å². The predicted octanol–water partition coefficient (Wildman–Crippen LogP) is 1.15. The summed E-state index contributed by atoms with van der Waals surface area (Å²) < 4.78 is 3.27. The van der Waals surface area contributed by atoms with E-state index in [1.165, 1.54) is 0 Å². The van der Waals surface area contributed by atoms with Crippen LogP contribution in [0.1, 0.15) is 19.4 Å². The first kappa shape index (κ1) is 11.9. The average Bonchev–Trinajstić information content (AvgIpc) is 2.54. The molecule has 4 heteroatoms. The van der Waals surface area contributed by atoms with Gasteiger partial charge in [0.05, 0.1) is 17.6 Å². The van der Waals surface area contributed by atoms with Crippen molar-refractivity contribution >= 4 is 11.0 Å². The topological polar surface area (TPSA) is 47.2 Å². The number of aliphatic hydroxyl groups excluding tert-OH is 1. The lowest BCUT2D eigenvalue weighted by atomic mass is 9.84. The number of hydrogen-bond acceptors (Lipinski definition) is 2. The number of hydrogen-bond donors (Lipinski definition) is 1. The maximum atomic E-state index is 11.9. The monoisotopic (exact) mass is 234 g/mol. The summed E-state index contributed by atoms with van der Waals surface area (Å²) in [5.74, 6) is 0. The number of fused-ring (bicyclic) bond motifs is 1. The standard InChI is InChI=1S/C13H18N2O2/c1-13(2,8-16)9-6-5-7-10-11(9)15(4)12(17)14(10)3/h5-7,16H,8H2,1-4H3. The Labute approximate surface area is 100 Å². The van der Waals surface area contributed by atoms with E-state index in [1.807, 2.05) is 32.0 Å². The number of nitrogens with zero attached hydrogens (tertiary/aromatic N) is 2. The summed E-state index contributed by atoms with van der Waals surface area (Å²) in [5, 5.41) is 9.48. The molecule has 4 nitrogen and oxygen atoms in total. The van der Waals surface area contributed by atoms with Gasteiger partial charge in [-0.25, -0.2) is 4.79 Å². The van der Waals surface area contributed by atoms with Gasteiger partial charge >= 0.3 is 5.69 Å². The molecule has 2 rings (SSSR count). The second kappa shape index (κ2) is 3.74. The van der Waals surface area contributed by atoms with Crippen LogP contribution >= 0.6 is 0 Å². The Kier molecular flexibility index (Phi) is 2.62. The number of aryl methyl sites for hydroxylation is 2. The zero-order chi connectivity index (χ0) is 12.8. The first-order chi connectivity index (χ1) is 7.90. The van der Waals surface area contributed by atoms with E-state index in [1.54, 1.807) is 23.2 Å². The van der Waals surface area contributed by atoms with E-state index in [2.05, 4.69) is 0 Å². The Hall–Kier alpha value is -1.55. The van der Waals surface area contributed by atoms with Crippen molar-refractivity contribution in [1.29, 1.82) is 0 Å². The van der Waals surface area contributed by atoms with Gasteiger partial charge in [0.2, 0.25) is 0 Å². The normalized spacial score (nSPS) is 12.3. The minimum absolute atomic E-state index is 0.0406. The van der Waals surface area contributed by atoms with Crippen molar-refractivity contribution < 1.29 is 5.11 Å². The van der Waals surface area contributed by atoms with Crippen LogP contribution in [0, 0.1) is 0 Å². The van der Waals surface area contributed by atoms with Crippen LogP contribution in [0.25, 0.3) is 11.0 Å². The highest BCUT2D eigenvalue weighted by atomic mass is 16.3. The van der Waals surface area contributed by atoms with E-state index in [0.29, 0.717) is 0 Å². The van der Waals surface area contributed by atoms with Crippen LogP contribution in [-0.4, -0.2) is 20.8 Å². The van der Waals surface area contributed by atoms with Crippen molar-refractivity contribution in [1.82, 2.24) is 9.13 Å². The van der Waals surface area contributed by atoms with Gasteiger partial charge in [0, 0.05) is 19.5 Å². The summed E-state index contributed by atoms with van der Waals surface area (Å²) in [6, 6.07) is 5.82. The Balaban J connectivity index is 2.92. The fraction of sp³-hybridized carbons (Fsp3) is 0.462. The molecule has 1 aromatic heterocycles. The molecular formula is C13H18N2O2. The molecule has 2 aromatic rings. The molecule has 0 atom stereocenters. The van der Waals surface area contributed by atoms with Gasteiger partial charge in [-0.05, 0) is 11.6 Å². The average molecular weight is 234 g/mol. The fourth-order valence-corrected chi connectivity index (χ4v) is 2.21. The number of aliphatic hydroxyl groups is 1. The van der Waals surface area contributed by atoms with Crippen LogP contribution in [0.4, 0.5) is 0 Å². The van der Waals surface area contributed by atoms with E-state index in [9.17, 15) is 9.90 Å². The first-order valence-corrected chi connectivity index (χ1v) is 5.66. The second-order valence-corrected chi connectivity index (χ2v) is 5.12. The van der Waals surface area contributed by atoms with Gasteiger partial charge in [-0.2, -0.15) is 0 Å². The molecule has 0 aliphatic heterocycles. The van der Waals surface area contributed by atoms with Crippen LogP contribution in [0.5, 0.6) is 0 Å². The summed E-state index contributed by atoms with van der Waals surface area (Å²) in [6.45, 7) is 3.99. The van der Waals surface area contributed by atoms with Gasteiger partial charge in [0.25, 0.3) is 0 Å². The maximum Gasteiger partial charge on any atom is 0.328 e. The van der Waals surface area contributed by atoms with Crippen molar-refractivity contribution in [3.8, 4) is 0 Å². The summed E-state index contributed by atoms with van der Waals surface area (Å²) in [7, 11) is 3.53. The molecule has 1 aromatic carbocycles. The van der Waals surface area contributed by atoms with Crippen LogP contribution in [-0.2, 0) is 19.5 Å². The number of aromatic nitrogens is 2. The van der Waals surface area contributed by atoms with Crippen molar-refractivity contribution in [3.05, 3.63) is 34.2 Å². The zero-order valence-electron chi connectivity index (χ0n) is 10.7. The largest absolute Gasteiger partial charge is 0.395 e. The molecule has 0 unspecified atom stereocenters. The van der Waals surface area contributed by atoms with Crippen molar-refractivity contribution in [2.45, 2.75) is 19.3 Å². The molecule has 0 saturated heterocycles. The van der Waals surface area contributed by atoms with Gasteiger partial charge in [0.15, 0.2) is 0 Å². The number of imidazole rings is 1. The molecule has 1 heterocycles. The maximum absolute atomic E-state index is 11.9. The number of para-hydroxylation sites is 1. The fourth-order valence-electron chi connectivity index (χ4n) is 2.21. The molecule has 0 aliphatic rings. The van der Waals surface area contributed by atoms with E-state index in [0.717, 1.165) is 16.6 Å². The van der Waals surface area contributed by atoms with Crippen molar-refractivity contribution in [2.24, 2.45) is 14.1 Å². The Morgan fingerprint density at radius 1 is 1.24 bits per heavy atom. The molecule has 17 heavy (non-hydrogen) atoms. The summed E-state index contributed by atoms with van der Waals surface area (Å²) in [4.78, 5) is 11.9. The third kappa shape index (κ3) is 1.60. The molecule has 0 fully saturated rings. The number of benzene rings is 1. The molecule has 0 amide bonds. The minimum Gasteiger partial charge on any atom is -0.395 e. The molecule has 0 radical (unpaired) electrons. The van der Waals surface area contributed by atoms with Crippen molar-refractivity contribution in [3.63, 3.8) is 0 Å². The molecule has 0 aliphatic carbocycles. The summed E-state index contributed by atoms with van der Waals surface area (Å²) in [5.41, 5.74) is 2.40. The smallest absolute Gasteiger partial charge is 0.328 e. The third-order valence-corrected chi connectivity index (χ3v) is 3.41. The molecule has 0 bridgehead atoms. The van der Waals surface area contributed by atoms with Gasteiger partial charge in [-0.15, -0.1) is 0 Å². The highest BCUT2D eigenvalue weighted by molar-refractivity contribution is 5.80. The summed E-state index contributed by atoms with van der Waals surface area (Å²) >= 11 is 0. The quantitative estimate of drug-likeness (QED) is 0.847. The Bertz CT molecular complexity index is 620. The van der Waals surface area contributed by atoms with Crippen LogP contribution in [0.15, 0.2) is 23.0 Å². The van der Waals surface area contributed by atoms with E-state index >= 15 is 0 Å². The number of rotatable bonds is 2.